The summed E-state index contributed by atoms with van der Waals surface area (Å²) in [6.45, 7) is 0. The van der Waals surface area contributed by atoms with E-state index in [1.54, 1.807) is 12.1 Å². The Balaban J connectivity index is 1.47. The summed E-state index contributed by atoms with van der Waals surface area (Å²) in [5.41, 5.74) is 2.42. The van der Waals surface area contributed by atoms with Crippen molar-refractivity contribution < 1.29 is 9.59 Å². The van der Waals surface area contributed by atoms with Crippen molar-refractivity contribution in [1.29, 1.82) is 0 Å². The Morgan fingerprint density at radius 3 is 2.36 bits per heavy atom. The normalized spacial score (nSPS) is 17.6. The summed E-state index contributed by atoms with van der Waals surface area (Å²) in [7, 11) is 0. The van der Waals surface area contributed by atoms with Crippen LogP contribution in [0.2, 0.25) is 0 Å². The first kappa shape index (κ1) is 15.9. The lowest BCUT2D eigenvalue weighted by Gasteiger charge is -2.19. The van der Waals surface area contributed by atoms with E-state index in [0.717, 1.165) is 31.2 Å². The van der Waals surface area contributed by atoms with E-state index < -0.39 is 0 Å². The Bertz CT molecular complexity index is 779. The lowest BCUT2D eigenvalue weighted by Crippen LogP contribution is -2.30. The molecular formula is C21H22N2O2. The van der Waals surface area contributed by atoms with Gasteiger partial charge in [-0.05, 0) is 55.4 Å². The molecule has 4 nitrogen and oxygen atoms in total. The Morgan fingerprint density at radius 2 is 1.68 bits per heavy atom. The number of rotatable bonds is 6. The zero-order chi connectivity index (χ0) is 17.2. The second-order valence-electron chi connectivity index (χ2n) is 7.04. The monoisotopic (exact) mass is 334 g/mol. The van der Waals surface area contributed by atoms with Crippen LogP contribution in [0.5, 0.6) is 0 Å². The van der Waals surface area contributed by atoms with Gasteiger partial charge in [-0.1, -0.05) is 36.4 Å². The first-order valence-corrected chi connectivity index (χ1v) is 8.97. The fourth-order valence-electron chi connectivity index (χ4n) is 3.12. The molecule has 2 aromatic carbocycles. The van der Waals surface area contributed by atoms with E-state index in [2.05, 4.69) is 22.8 Å². The Hall–Kier alpha value is -2.62. The molecule has 2 aliphatic carbocycles. The molecular weight excluding hydrogens is 312 g/mol. The maximum atomic E-state index is 12.7. The molecule has 2 aromatic rings. The summed E-state index contributed by atoms with van der Waals surface area (Å²) >= 11 is 0. The predicted molar refractivity (Wildman–Crippen MR) is 97.2 cm³/mol. The number of amides is 2. The highest BCUT2D eigenvalue weighted by Crippen LogP contribution is 2.41. The van der Waals surface area contributed by atoms with Crippen LogP contribution < -0.4 is 10.6 Å². The molecule has 1 atom stereocenters. The van der Waals surface area contributed by atoms with Gasteiger partial charge in [0.1, 0.15) is 0 Å². The van der Waals surface area contributed by atoms with Crippen molar-refractivity contribution >= 4 is 17.5 Å². The van der Waals surface area contributed by atoms with Crippen LogP contribution in [0.15, 0.2) is 54.6 Å². The lowest BCUT2D eigenvalue weighted by atomic mass is 10.0. The van der Waals surface area contributed by atoms with Gasteiger partial charge in [-0.3, -0.25) is 9.59 Å². The SMILES string of the molecule is O=C(NC(c1ccccc1)C1CC1)c1cccc(NC(=O)C2CC2)c1. The van der Waals surface area contributed by atoms with Crippen molar-refractivity contribution in [3.8, 4) is 0 Å². The van der Waals surface area contributed by atoms with Crippen molar-refractivity contribution in [3.05, 3.63) is 65.7 Å². The average molecular weight is 334 g/mol. The van der Waals surface area contributed by atoms with Gasteiger partial charge >= 0.3 is 0 Å². The second-order valence-corrected chi connectivity index (χ2v) is 7.04. The predicted octanol–water partition coefficient (Wildman–Crippen LogP) is 3.92. The number of hydrogen-bond donors (Lipinski definition) is 2. The van der Waals surface area contributed by atoms with Crippen LogP contribution >= 0.6 is 0 Å². The third-order valence-corrected chi connectivity index (χ3v) is 4.88. The molecule has 0 heterocycles. The zero-order valence-electron chi connectivity index (χ0n) is 14.1. The van der Waals surface area contributed by atoms with E-state index in [-0.39, 0.29) is 23.8 Å². The molecule has 0 aliphatic heterocycles. The standard InChI is InChI=1S/C21H22N2O2/c24-20(16-11-12-16)22-18-8-4-7-17(13-18)21(25)23-19(15-9-10-15)14-5-2-1-3-6-14/h1-8,13,15-16,19H,9-12H2,(H,22,24)(H,23,25). The molecule has 4 rings (SSSR count). The molecule has 0 bridgehead atoms. The van der Waals surface area contributed by atoms with Crippen LogP contribution in [0.25, 0.3) is 0 Å². The molecule has 2 saturated carbocycles. The quantitative estimate of drug-likeness (QED) is 0.841. The molecule has 0 spiro atoms. The van der Waals surface area contributed by atoms with Gasteiger partial charge in [0.05, 0.1) is 6.04 Å². The van der Waals surface area contributed by atoms with Crippen molar-refractivity contribution in [2.24, 2.45) is 11.8 Å². The minimum atomic E-state index is -0.0942. The van der Waals surface area contributed by atoms with Gasteiger partial charge in [0.2, 0.25) is 5.91 Å². The smallest absolute Gasteiger partial charge is 0.251 e. The van der Waals surface area contributed by atoms with Crippen molar-refractivity contribution in [2.45, 2.75) is 31.7 Å². The van der Waals surface area contributed by atoms with Crippen molar-refractivity contribution in [3.63, 3.8) is 0 Å². The van der Waals surface area contributed by atoms with Gasteiger partial charge in [-0.2, -0.15) is 0 Å². The first-order chi connectivity index (χ1) is 12.2. The second kappa shape index (κ2) is 6.71. The fraction of sp³-hybridized carbons (Fsp3) is 0.333. The molecule has 0 radical (unpaired) electrons. The summed E-state index contributed by atoms with van der Waals surface area (Å²) in [4.78, 5) is 24.6. The minimum absolute atomic E-state index is 0.0534. The summed E-state index contributed by atoms with van der Waals surface area (Å²) < 4.78 is 0. The zero-order valence-corrected chi connectivity index (χ0v) is 14.1. The summed E-state index contributed by atoms with van der Waals surface area (Å²) in [5.74, 6) is 0.625. The topological polar surface area (TPSA) is 58.2 Å². The minimum Gasteiger partial charge on any atom is -0.345 e. The van der Waals surface area contributed by atoms with Gasteiger partial charge in [-0.15, -0.1) is 0 Å². The summed E-state index contributed by atoms with van der Waals surface area (Å²) in [6, 6.07) is 17.4. The van der Waals surface area contributed by atoms with E-state index >= 15 is 0 Å². The molecule has 2 aliphatic rings. The van der Waals surface area contributed by atoms with E-state index in [4.69, 9.17) is 0 Å². The number of carbonyl (C=O) groups is 2. The number of hydrogen-bond acceptors (Lipinski definition) is 2. The molecule has 4 heteroatoms. The van der Waals surface area contributed by atoms with Gasteiger partial charge in [0, 0.05) is 17.2 Å². The summed E-state index contributed by atoms with van der Waals surface area (Å²) in [5, 5.41) is 6.08. The third-order valence-electron chi connectivity index (χ3n) is 4.88. The first-order valence-electron chi connectivity index (χ1n) is 8.97. The van der Waals surface area contributed by atoms with Crippen LogP contribution in [0.3, 0.4) is 0 Å². The van der Waals surface area contributed by atoms with E-state index in [9.17, 15) is 9.59 Å². The van der Waals surface area contributed by atoms with Crippen molar-refractivity contribution in [2.75, 3.05) is 5.32 Å². The molecule has 25 heavy (non-hydrogen) atoms. The molecule has 2 N–H and O–H groups in total. The largest absolute Gasteiger partial charge is 0.345 e. The van der Waals surface area contributed by atoms with Gasteiger partial charge < -0.3 is 10.6 Å². The number of anilines is 1. The van der Waals surface area contributed by atoms with Gasteiger partial charge in [0.25, 0.3) is 5.91 Å². The highest BCUT2D eigenvalue weighted by atomic mass is 16.2. The molecule has 0 saturated heterocycles. The Morgan fingerprint density at radius 1 is 0.920 bits per heavy atom. The van der Waals surface area contributed by atoms with Crippen LogP contribution in [-0.4, -0.2) is 11.8 Å². The van der Waals surface area contributed by atoms with Crippen LogP contribution in [0, 0.1) is 11.8 Å². The third kappa shape index (κ3) is 3.90. The Kier molecular flexibility index (Phi) is 4.26. The molecule has 2 fully saturated rings. The van der Waals surface area contributed by atoms with E-state index in [1.165, 1.54) is 0 Å². The molecule has 1 unspecified atom stereocenters. The molecule has 2 amide bonds. The van der Waals surface area contributed by atoms with E-state index in [1.807, 2.05) is 30.3 Å². The maximum absolute atomic E-state index is 12.7. The highest BCUT2D eigenvalue weighted by molar-refractivity contribution is 5.98. The van der Waals surface area contributed by atoms with Gasteiger partial charge in [0.15, 0.2) is 0 Å². The number of nitrogens with one attached hydrogen (secondary N) is 2. The fourth-order valence-corrected chi connectivity index (χ4v) is 3.12. The Labute approximate surface area is 147 Å². The molecule has 128 valence electrons. The van der Waals surface area contributed by atoms with Crippen LogP contribution in [0.4, 0.5) is 5.69 Å². The highest BCUT2D eigenvalue weighted by Gasteiger charge is 2.33. The van der Waals surface area contributed by atoms with E-state index in [0.29, 0.717) is 17.2 Å². The lowest BCUT2D eigenvalue weighted by molar-refractivity contribution is -0.117. The van der Waals surface area contributed by atoms with Crippen molar-refractivity contribution in [1.82, 2.24) is 5.32 Å². The summed E-state index contributed by atoms with van der Waals surface area (Å²) in [6.07, 6.45) is 4.23. The number of benzene rings is 2. The average Bonchev–Trinajstić information content (AvgIpc) is 3.52. The molecule has 0 aromatic heterocycles. The number of carbonyl (C=O) groups excluding carboxylic acids is 2. The van der Waals surface area contributed by atoms with Gasteiger partial charge in [-0.25, -0.2) is 0 Å². The van der Waals surface area contributed by atoms with Crippen LogP contribution in [0.1, 0.15) is 47.6 Å². The van der Waals surface area contributed by atoms with Crippen LogP contribution in [-0.2, 0) is 4.79 Å². The maximum Gasteiger partial charge on any atom is 0.251 e.